The molecule has 0 aliphatic heterocycles. The molecule has 0 bridgehead atoms. The van der Waals surface area contributed by atoms with Crippen LogP contribution in [0.5, 0.6) is 0 Å². The van der Waals surface area contributed by atoms with Crippen molar-refractivity contribution in [1.29, 1.82) is 0 Å². The second-order valence-electron chi connectivity index (χ2n) is 5.50. The fraction of sp³-hybridized carbons (Fsp3) is 0.158. The van der Waals surface area contributed by atoms with E-state index >= 15 is 0 Å². The van der Waals surface area contributed by atoms with Gasteiger partial charge in [0.2, 0.25) is 0 Å². The quantitative estimate of drug-likeness (QED) is 0.579. The lowest BCUT2D eigenvalue weighted by Crippen LogP contribution is -2.07. The Morgan fingerprint density at radius 3 is 2.52 bits per heavy atom. The summed E-state index contributed by atoms with van der Waals surface area (Å²) in [6.45, 7) is 4.06. The molecule has 3 aromatic rings. The molecule has 0 saturated heterocycles. The molecule has 128 valence electrons. The van der Waals surface area contributed by atoms with Gasteiger partial charge in [0.25, 0.3) is 0 Å². The fourth-order valence-corrected chi connectivity index (χ4v) is 3.02. The monoisotopic (exact) mass is 374 g/mol. The van der Waals surface area contributed by atoms with Crippen LogP contribution in [0.4, 0.5) is 0 Å². The van der Waals surface area contributed by atoms with Crippen LogP contribution in [0.3, 0.4) is 0 Å². The van der Waals surface area contributed by atoms with Gasteiger partial charge in [-0.2, -0.15) is 5.10 Å². The first-order valence-electron chi connectivity index (χ1n) is 7.79. The van der Waals surface area contributed by atoms with E-state index in [1.165, 1.54) is 6.20 Å². The third-order valence-electron chi connectivity index (χ3n) is 3.73. The average Bonchev–Trinajstić information content (AvgIpc) is 3.00. The van der Waals surface area contributed by atoms with E-state index in [1.54, 1.807) is 29.8 Å². The van der Waals surface area contributed by atoms with E-state index in [9.17, 15) is 4.79 Å². The summed E-state index contributed by atoms with van der Waals surface area (Å²) in [5.74, 6) is -0.422. The van der Waals surface area contributed by atoms with Gasteiger partial charge in [-0.25, -0.2) is 9.48 Å². The van der Waals surface area contributed by atoms with Gasteiger partial charge < -0.3 is 4.74 Å². The Morgan fingerprint density at radius 2 is 1.88 bits per heavy atom. The number of benzene rings is 2. The number of hydrogen-bond donors (Lipinski definition) is 0. The number of ether oxygens (including phenoxy) is 1. The van der Waals surface area contributed by atoms with Crippen molar-refractivity contribution in [2.45, 2.75) is 13.8 Å². The number of carbonyl (C=O) groups is 1. The number of esters is 1. The zero-order chi connectivity index (χ0) is 18.0. The normalized spacial score (nSPS) is 10.7. The van der Waals surface area contributed by atoms with Crippen LogP contribution in [0.15, 0.2) is 48.7 Å². The second kappa shape index (κ2) is 7.30. The van der Waals surface area contributed by atoms with Crippen molar-refractivity contribution in [3.05, 3.63) is 69.8 Å². The van der Waals surface area contributed by atoms with Crippen molar-refractivity contribution in [1.82, 2.24) is 9.78 Å². The minimum Gasteiger partial charge on any atom is -0.462 e. The van der Waals surface area contributed by atoms with Gasteiger partial charge in [-0.1, -0.05) is 53.0 Å². The molecule has 25 heavy (non-hydrogen) atoms. The number of aromatic nitrogens is 2. The van der Waals surface area contributed by atoms with Crippen LogP contribution in [-0.2, 0) is 4.74 Å². The highest BCUT2D eigenvalue weighted by Crippen LogP contribution is 2.31. The van der Waals surface area contributed by atoms with Crippen LogP contribution in [0.1, 0.15) is 22.8 Å². The third kappa shape index (κ3) is 3.55. The van der Waals surface area contributed by atoms with Gasteiger partial charge in [0, 0.05) is 10.6 Å². The van der Waals surface area contributed by atoms with Gasteiger partial charge in [0.05, 0.1) is 29.2 Å². The Kier molecular flexibility index (Phi) is 5.11. The second-order valence-corrected chi connectivity index (χ2v) is 6.34. The number of halogens is 2. The Balaban J connectivity index is 2.22. The summed E-state index contributed by atoms with van der Waals surface area (Å²) < 4.78 is 6.80. The summed E-state index contributed by atoms with van der Waals surface area (Å²) >= 11 is 12.3. The first kappa shape index (κ1) is 17.5. The zero-order valence-corrected chi connectivity index (χ0v) is 15.3. The number of nitrogens with zero attached hydrogens (tertiary/aromatic N) is 2. The highest BCUT2D eigenvalue weighted by molar-refractivity contribution is 6.35. The smallest absolute Gasteiger partial charge is 0.342 e. The lowest BCUT2D eigenvalue weighted by atomic mass is 10.1. The number of aryl methyl sites for hydroxylation is 1. The molecule has 1 heterocycles. The van der Waals surface area contributed by atoms with Crippen LogP contribution in [-0.4, -0.2) is 22.4 Å². The largest absolute Gasteiger partial charge is 0.462 e. The molecule has 0 unspecified atom stereocenters. The number of rotatable bonds is 4. The van der Waals surface area contributed by atoms with Gasteiger partial charge in [0.15, 0.2) is 0 Å². The third-order valence-corrected chi connectivity index (χ3v) is 4.27. The number of carbonyl (C=O) groups excluding carboxylic acids is 1. The summed E-state index contributed by atoms with van der Waals surface area (Å²) in [6, 6.07) is 13.0. The van der Waals surface area contributed by atoms with E-state index < -0.39 is 5.97 Å². The first-order chi connectivity index (χ1) is 12.0. The van der Waals surface area contributed by atoms with E-state index in [1.807, 2.05) is 31.2 Å². The van der Waals surface area contributed by atoms with E-state index in [2.05, 4.69) is 5.10 Å². The molecular formula is C19H16Cl2N2O2. The predicted molar refractivity (Wildman–Crippen MR) is 99.7 cm³/mol. The van der Waals surface area contributed by atoms with Crippen LogP contribution >= 0.6 is 23.2 Å². The van der Waals surface area contributed by atoms with Crippen molar-refractivity contribution in [2.24, 2.45) is 0 Å². The molecule has 1 aromatic heterocycles. The molecule has 0 aliphatic rings. The molecule has 4 nitrogen and oxygen atoms in total. The Morgan fingerprint density at radius 1 is 1.16 bits per heavy atom. The molecule has 0 amide bonds. The SMILES string of the molecule is CCOC(=O)c1cnn(-c2ccc(Cl)cc2Cl)c1-c1ccc(C)cc1. The standard InChI is InChI=1S/C19H16Cl2N2O2/c1-3-25-19(24)15-11-22-23(17-9-8-14(20)10-16(17)21)18(15)13-6-4-12(2)5-7-13/h4-11H,3H2,1-2H3. The highest BCUT2D eigenvalue weighted by atomic mass is 35.5. The van der Waals surface area contributed by atoms with Crippen molar-refractivity contribution in [3.63, 3.8) is 0 Å². The van der Waals surface area contributed by atoms with Crippen LogP contribution < -0.4 is 0 Å². The summed E-state index contributed by atoms with van der Waals surface area (Å²) in [5, 5.41) is 5.34. The maximum Gasteiger partial charge on any atom is 0.342 e. The van der Waals surface area contributed by atoms with Gasteiger partial charge in [-0.3, -0.25) is 0 Å². The summed E-state index contributed by atoms with van der Waals surface area (Å²) in [4.78, 5) is 12.4. The molecule has 0 aliphatic carbocycles. The minimum absolute atomic E-state index is 0.291. The fourth-order valence-electron chi connectivity index (χ4n) is 2.53. The van der Waals surface area contributed by atoms with E-state index in [0.29, 0.717) is 33.6 Å². The van der Waals surface area contributed by atoms with Gasteiger partial charge >= 0.3 is 5.97 Å². The molecule has 0 N–H and O–H groups in total. The van der Waals surface area contributed by atoms with Crippen molar-refractivity contribution >= 4 is 29.2 Å². The lowest BCUT2D eigenvalue weighted by Gasteiger charge is -2.12. The van der Waals surface area contributed by atoms with Crippen LogP contribution in [0, 0.1) is 6.92 Å². The zero-order valence-electron chi connectivity index (χ0n) is 13.8. The molecule has 2 aromatic carbocycles. The molecule has 3 rings (SSSR count). The van der Waals surface area contributed by atoms with Crippen LogP contribution in [0.25, 0.3) is 16.9 Å². The van der Waals surface area contributed by atoms with E-state index in [-0.39, 0.29) is 0 Å². The summed E-state index contributed by atoms with van der Waals surface area (Å²) in [7, 11) is 0. The summed E-state index contributed by atoms with van der Waals surface area (Å²) in [6.07, 6.45) is 1.50. The maximum absolute atomic E-state index is 12.4. The Labute approximate surface area is 155 Å². The summed E-state index contributed by atoms with van der Waals surface area (Å²) in [5.41, 5.74) is 3.62. The molecule has 0 radical (unpaired) electrons. The predicted octanol–water partition coefficient (Wildman–Crippen LogP) is 5.33. The van der Waals surface area contributed by atoms with Crippen molar-refractivity contribution in [2.75, 3.05) is 6.61 Å². The molecule has 6 heteroatoms. The molecule has 0 fully saturated rings. The topological polar surface area (TPSA) is 44.1 Å². The minimum atomic E-state index is -0.422. The molecular weight excluding hydrogens is 359 g/mol. The molecule has 0 spiro atoms. The van der Waals surface area contributed by atoms with Crippen LogP contribution in [0.2, 0.25) is 10.0 Å². The van der Waals surface area contributed by atoms with Gasteiger partial charge in [-0.15, -0.1) is 0 Å². The number of hydrogen-bond acceptors (Lipinski definition) is 3. The Hall–Kier alpha value is -2.30. The van der Waals surface area contributed by atoms with Gasteiger partial charge in [-0.05, 0) is 32.0 Å². The van der Waals surface area contributed by atoms with Gasteiger partial charge in [0.1, 0.15) is 5.56 Å². The Bertz CT molecular complexity index is 918. The molecule has 0 saturated carbocycles. The maximum atomic E-state index is 12.4. The lowest BCUT2D eigenvalue weighted by molar-refractivity contribution is 0.0527. The average molecular weight is 375 g/mol. The van der Waals surface area contributed by atoms with E-state index in [4.69, 9.17) is 27.9 Å². The first-order valence-corrected chi connectivity index (χ1v) is 8.54. The highest BCUT2D eigenvalue weighted by Gasteiger charge is 2.22. The van der Waals surface area contributed by atoms with Crippen molar-refractivity contribution in [3.8, 4) is 16.9 Å². The van der Waals surface area contributed by atoms with E-state index in [0.717, 1.165) is 11.1 Å². The molecule has 0 atom stereocenters. The van der Waals surface area contributed by atoms with Crippen molar-refractivity contribution < 1.29 is 9.53 Å².